The van der Waals surface area contributed by atoms with Gasteiger partial charge in [-0.3, -0.25) is 0 Å². The van der Waals surface area contributed by atoms with Crippen molar-refractivity contribution < 1.29 is 74.4 Å². The van der Waals surface area contributed by atoms with E-state index in [4.69, 9.17) is 68.4 Å². The predicted octanol–water partition coefficient (Wildman–Crippen LogP) is 27.6. The maximum atomic E-state index is 14.4. The lowest BCUT2D eigenvalue weighted by atomic mass is 9.82. The Balaban J connectivity index is 0.000000108. The van der Waals surface area contributed by atoms with Crippen molar-refractivity contribution in [3.05, 3.63) is 376 Å². The number of benzene rings is 11. The zero-order chi connectivity index (χ0) is 97.7. The molecule has 0 aliphatic carbocycles. The lowest BCUT2D eigenvalue weighted by Gasteiger charge is -2.43. The van der Waals surface area contributed by atoms with E-state index in [9.17, 15) is 17.6 Å². The van der Waals surface area contributed by atoms with Crippen LogP contribution in [0.2, 0.25) is 5.02 Å². The van der Waals surface area contributed by atoms with Crippen molar-refractivity contribution >= 4 is 57.1 Å². The average Bonchev–Trinajstić information content (AvgIpc) is 1.40. The summed E-state index contributed by atoms with van der Waals surface area (Å²) in [6, 6.07) is 76.8. The molecular formula is C117H129ClF4N6O12S. The van der Waals surface area contributed by atoms with Crippen LogP contribution in [-0.4, -0.2) is 103 Å². The first kappa shape index (κ1) is 99.2. The Bertz CT molecular complexity index is 6280. The minimum Gasteiger partial charge on any atom is -0.375 e. The molecule has 24 heteroatoms. The van der Waals surface area contributed by atoms with E-state index < -0.39 is 23.8 Å². The number of hydrogen-bond acceptors (Lipinski definition) is 19. The van der Waals surface area contributed by atoms with E-state index in [0.717, 1.165) is 74.5 Å². The molecule has 0 bridgehead atoms. The Hall–Kier alpha value is -10.6. The molecule has 12 unspecified atom stereocenters. The van der Waals surface area contributed by atoms with Gasteiger partial charge in [-0.1, -0.05) is 258 Å². The number of ether oxygens (including phenoxy) is 12. The fraction of sp³-hybridized carbons (Fsp3) is 0.402. The second kappa shape index (κ2) is 44.4. The molecule has 0 radical (unpaired) electrons. The van der Waals surface area contributed by atoms with Crippen molar-refractivity contribution in [2.45, 2.75) is 235 Å². The zero-order valence-corrected chi connectivity index (χ0v) is 83.5. The first-order valence-electron chi connectivity index (χ1n) is 50.1. The number of anilines is 6. The number of fused-ring (bicyclic) bond motifs is 18. The number of rotatable bonds is 13. The van der Waals surface area contributed by atoms with E-state index in [1.165, 1.54) is 110 Å². The highest BCUT2D eigenvalue weighted by atomic mass is 35.5. The lowest BCUT2D eigenvalue weighted by Crippen LogP contribution is -2.43. The molecule has 18 atom stereocenters. The Morgan fingerprint density at radius 3 is 1.18 bits per heavy atom. The number of unbranched alkanes of at least 4 members (excludes halogenated alkanes) is 1. The molecule has 0 amide bonds. The predicted molar refractivity (Wildman–Crippen MR) is 548 cm³/mol. The number of hydrogen-bond donors (Lipinski definition) is 6. The zero-order valence-electron chi connectivity index (χ0n) is 81.9. The summed E-state index contributed by atoms with van der Waals surface area (Å²) in [5, 5.41) is 26.4. The van der Waals surface area contributed by atoms with Gasteiger partial charge in [-0.2, -0.15) is 11.3 Å². The van der Waals surface area contributed by atoms with Crippen LogP contribution in [0.1, 0.15) is 280 Å². The molecular weight excluding hydrogens is 1820 g/mol. The van der Waals surface area contributed by atoms with Gasteiger partial charge in [0.25, 0.3) is 0 Å². The number of nitrogens with one attached hydrogen (secondary N) is 6. The standard InChI is InChI=1S/C21H23F2NO2.C21H25NO2.C20H22ClNO2.C20H22FNO2.C18H18FNO2.C17H19NO2S/c1-21(2,3)12-7-8-16-14(11-12)19-20(26-10-9-25-19)18(24-16)13-5-4-6-15(22)17(13)23;1-2-3-7-15-10-11-18-17(14-15)20-21(24-13-12-23-20)19(22-18)16-8-5-4-6-9-16;1-12(2)13-7-8-17-15(11-13)19-20(24-10-9-23-19)18(22-17)14-5-3-4-6-16(14)21;1-12(2)14-5-8-17-16(11-14)19-20(24-10-9-23-19)18(22-17)13-3-6-15(21)7-4-13;1-2-11-7-8-15-13(9-11)17-18(22-10-21-17)16(20-15)12-5-3-4-6-14(12)19;1-10(2)11-3-4-14-13(7-11)16-17(20-9-19-16)15(18-14)12-5-6-21-8-12/h4-8,11,18-20,24H,9-10H2,1-3H3;4-6,8-11,14,19-22H,2-3,7,12-13H2,1H3;2*3-8,11-12,18-20,22H,9-10H2,1-2H3;3-9,16-18,20H,2,10H2,1H3;3-8,10,15-18H,9H2,1-2H3/t;;18-,19+,20-;;;15-,16+,17-/m..0..0/s1. The highest BCUT2D eigenvalue weighted by Gasteiger charge is 2.50. The van der Waals surface area contributed by atoms with Gasteiger partial charge >= 0.3 is 0 Å². The third-order valence-electron chi connectivity index (χ3n) is 28.9. The van der Waals surface area contributed by atoms with E-state index >= 15 is 0 Å². The largest absolute Gasteiger partial charge is 0.375 e. The van der Waals surface area contributed by atoms with Crippen LogP contribution in [0, 0.1) is 23.3 Å². The highest BCUT2D eigenvalue weighted by molar-refractivity contribution is 7.08. The minimum absolute atomic E-state index is 0.00552. The van der Waals surface area contributed by atoms with Gasteiger partial charge in [0, 0.05) is 83.7 Å². The van der Waals surface area contributed by atoms with Crippen LogP contribution in [0.15, 0.2) is 247 Å². The van der Waals surface area contributed by atoms with Crippen LogP contribution in [-0.2, 0) is 75.1 Å². The normalized spacial score (nSPS) is 25.9. The van der Waals surface area contributed by atoms with Crippen molar-refractivity contribution in [1.29, 1.82) is 0 Å². The molecule has 6 saturated heterocycles. The fourth-order valence-corrected chi connectivity index (χ4v) is 22.2. The summed E-state index contributed by atoms with van der Waals surface area (Å²) >= 11 is 8.16. The quantitative estimate of drug-likeness (QED) is 0.0599. The lowest BCUT2D eigenvalue weighted by molar-refractivity contribution is -0.151. The molecule has 12 aliphatic rings. The average molecular weight is 1950 g/mol. The van der Waals surface area contributed by atoms with E-state index in [1.807, 2.05) is 42.5 Å². The van der Waals surface area contributed by atoms with Gasteiger partial charge in [0.05, 0.1) is 89.1 Å². The molecule has 0 spiro atoms. The summed E-state index contributed by atoms with van der Waals surface area (Å²) in [5.41, 5.74) is 26.6. The summed E-state index contributed by atoms with van der Waals surface area (Å²) in [6.45, 7) is 29.4. The third kappa shape index (κ3) is 21.5. The smallest absolute Gasteiger partial charge is 0.164 e. The topological polar surface area (TPSA) is 183 Å². The van der Waals surface area contributed by atoms with Crippen molar-refractivity contribution in [1.82, 2.24) is 0 Å². The Labute approximate surface area is 834 Å². The van der Waals surface area contributed by atoms with Crippen molar-refractivity contribution in [3.63, 3.8) is 0 Å². The van der Waals surface area contributed by atoms with Crippen LogP contribution in [0.25, 0.3) is 0 Å². The summed E-state index contributed by atoms with van der Waals surface area (Å²) in [4.78, 5) is 0. The van der Waals surface area contributed by atoms with E-state index in [0.29, 0.717) is 83.0 Å². The first-order valence-corrected chi connectivity index (χ1v) is 51.4. The van der Waals surface area contributed by atoms with Gasteiger partial charge in [-0.15, -0.1) is 0 Å². The molecule has 6 fully saturated rings. The minimum atomic E-state index is -0.855. The summed E-state index contributed by atoms with van der Waals surface area (Å²) in [5.74, 6) is -0.672. The molecule has 12 aromatic rings. The molecule has 1 aromatic heterocycles. The second-order valence-electron chi connectivity index (χ2n) is 40.0. The molecule has 6 N–H and O–H groups in total. The van der Waals surface area contributed by atoms with Crippen LogP contribution < -0.4 is 31.9 Å². The van der Waals surface area contributed by atoms with E-state index in [1.54, 1.807) is 29.5 Å². The first-order chi connectivity index (χ1) is 68.5. The molecule has 12 aliphatic heterocycles. The molecule has 740 valence electrons. The van der Waals surface area contributed by atoms with Gasteiger partial charge in [0.15, 0.2) is 11.6 Å². The third-order valence-corrected chi connectivity index (χ3v) is 30.0. The highest BCUT2D eigenvalue weighted by Crippen LogP contribution is 2.54. The van der Waals surface area contributed by atoms with Gasteiger partial charge in [-0.25, -0.2) is 17.6 Å². The van der Waals surface area contributed by atoms with Gasteiger partial charge in [0.2, 0.25) is 0 Å². The Morgan fingerprint density at radius 1 is 0.333 bits per heavy atom. The maximum Gasteiger partial charge on any atom is 0.164 e. The van der Waals surface area contributed by atoms with Crippen LogP contribution in [0.3, 0.4) is 0 Å². The maximum absolute atomic E-state index is 14.4. The van der Waals surface area contributed by atoms with Crippen LogP contribution >= 0.6 is 22.9 Å². The monoisotopic (exact) mass is 1950 g/mol. The van der Waals surface area contributed by atoms with E-state index in [-0.39, 0.29) is 127 Å². The van der Waals surface area contributed by atoms with E-state index in [2.05, 4.69) is 264 Å². The molecule has 0 saturated carbocycles. The number of thiophene rings is 1. The van der Waals surface area contributed by atoms with Gasteiger partial charge < -0.3 is 88.7 Å². The van der Waals surface area contributed by atoms with Crippen LogP contribution in [0.4, 0.5) is 51.7 Å². The molecule has 13 heterocycles. The Kier molecular flexibility index (Phi) is 31.2. The number of aryl methyl sites for hydroxylation is 2. The van der Waals surface area contributed by atoms with Crippen molar-refractivity contribution in [2.24, 2.45) is 0 Å². The van der Waals surface area contributed by atoms with Crippen LogP contribution in [0.5, 0.6) is 0 Å². The summed E-state index contributed by atoms with van der Waals surface area (Å²) < 4.78 is 128. The van der Waals surface area contributed by atoms with Crippen molar-refractivity contribution in [2.75, 3.05) is 98.3 Å². The molecule has 141 heavy (non-hydrogen) atoms. The summed E-state index contributed by atoms with van der Waals surface area (Å²) in [6.07, 6.45) is 3.25. The Morgan fingerprint density at radius 2 is 0.709 bits per heavy atom. The SMILES string of the molecule is CC(C)(C)c1ccc2c(c1)C1OCCOC1C(c1cccc(F)c1F)N2.CC(C)c1ccc2c(c1)C1OCCOC1C(c1ccc(F)cc1)N2.CC(C)c1ccc2c(c1)[C@H]1OCCO[C@H]1[C@H](c1ccccc1Cl)N2.CC(C)c1ccc2c(c1)[C@H]1OCO[C@H]1[C@H](c1ccsc1)N2.CCCCc1ccc2c(c1)C1OCCOC1C(c1ccccc1)N2.CCc1ccc2c(c1)C1OCOC1C(c1ccccc1F)N2. The summed E-state index contributed by atoms with van der Waals surface area (Å²) in [7, 11) is 0. The number of halogens is 5. The van der Waals surface area contributed by atoms with Gasteiger partial charge in [-0.05, 0) is 182 Å². The van der Waals surface area contributed by atoms with Gasteiger partial charge in [0.1, 0.15) is 98.5 Å². The fourth-order valence-electron chi connectivity index (χ4n) is 21.3. The second-order valence-corrected chi connectivity index (χ2v) is 41.2. The molecule has 24 rings (SSSR count). The molecule has 18 nitrogen and oxygen atoms in total. The van der Waals surface area contributed by atoms with Crippen molar-refractivity contribution in [3.8, 4) is 0 Å². The molecule has 11 aromatic carbocycles.